The number of aliphatic carboxylic acids is 1. The molecule has 2 N–H and O–H groups in total. The third kappa shape index (κ3) is 4.43. The van der Waals surface area contributed by atoms with Gasteiger partial charge in [-0.2, -0.15) is 0 Å². The predicted molar refractivity (Wildman–Crippen MR) is 120 cm³/mol. The van der Waals surface area contributed by atoms with Crippen molar-refractivity contribution in [3.8, 4) is 5.75 Å². The number of fused-ring (bicyclic) bond motifs is 3. The first-order valence-electron chi connectivity index (χ1n) is 10.5. The lowest BCUT2D eigenvalue weighted by Gasteiger charge is -2.25. The van der Waals surface area contributed by atoms with Crippen LogP contribution in [-0.4, -0.2) is 34.7 Å². The molecule has 0 aliphatic heterocycles. The molecule has 0 radical (unpaired) electrons. The highest BCUT2D eigenvalue weighted by atomic mass is 35.5. The van der Waals surface area contributed by atoms with Gasteiger partial charge in [0.05, 0.1) is 17.6 Å². The van der Waals surface area contributed by atoms with Crippen molar-refractivity contribution in [1.82, 2.24) is 9.88 Å². The van der Waals surface area contributed by atoms with E-state index in [1.807, 2.05) is 24.3 Å². The Morgan fingerprint density at radius 2 is 2.09 bits per heavy atom. The van der Waals surface area contributed by atoms with E-state index >= 15 is 0 Å². The van der Waals surface area contributed by atoms with Gasteiger partial charge in [-0.3, -0.25) is 9.59 Å². The van der Waals surface area contributed by atoms with Crippen molar-refractivity contribution in [2.45, 2.75) is 44.7 Å². The molecule has 1 aliphatic carbocycles. The topological polar surface area (TPSA) is 80.6 Å². The van der Waals surface area contributed by atoms with Gasteiger partial charge in [-0.05, 0) is 55.0 Å². The van der Waals surface area contributed by atoms with Crippen LogP contribution >= 0.6 is 11.6 Å². The third-order valence-electron chi connectivity index (χ3n) is 5.95. The van der Waals surface area contributed by atoms with E-state index in [0.717, 1.165) is 22.6 Å². The van der Waals surface area contributed by atoms with Crippen molar-refractivity contribution >= 4 is 34.4 Å². The van der Waals surface area contributed by atoms with Gasteiger partial charge in [-0.15, -0.1) is 0 Å². The predicted octanol–water partition coefficient (Wildman–Crippen LogP) is 4.13. The van der Waals surface area contributed by atoms with Crippen molar-refractivity contribution in [3.05, 3.63) is 64.1 Å². The molecular weight excluding hydrogens is 435 g/mol. The Morgan fingerprint density at radius 1 is 1.31 bits per heavy atom. The van der Waals surface area contributed by atoms with Gasteiger partial charge >= 0.3 is 5.97 Å². The summed E-state index contributed by atoms with van der Waals surface area (Å²) in [5.41, 5.74) is 3.19. The Kier molecular flexibility index (Phi) is 6.37. The van der Waals surface area contributed by atoms with Crippen LogP contribution in [0.2, 0.25) is 5.02 Å². The Labute approximate surface area is 189 Å². The average Bonchev–Trinajstić information content (AvgIpc) is 3.05. The summed E-state index contributed by atoms with van der Waals surface area (Å²) in [6.45, 7) is -0.243. The zero-order valence-corrected chi connectivity index (χ0v) is 18.4. The van der Waals surface area contributed by atoms with Gasteiger partial charge in [0.2, 0.25) is 5.91 Å². The number of methoxy groups -OCH3 is 1. The zero-order chi connectivity index (χ0) is 22.8. The summed E-state index contributed by atoms with van der Waals surface area (Å²) in [7, 11) is 1.61. The number of aryl methyl sites for hydroxylation is 1. The van der Waals surface area contributed by atoms with Gasteiger partial charge in [0.15, 0.2) is 0 Å². The van der Waals surface area contributed by atoms with Gasteiger partial charge in [-0.1, -0.05) is 29.8 Å². The molecule has 1 unspecified atom stereocenters. The Bertz CT molecular complexity index is 1190. The minimum Gasteiger partial charge on any atom is -0.496 e. The van der Waals surface area contributed by atoms with E-state index in [1.54, 1.807) is 11.7 Å². The summed E-state index contributed by atoms with van der Waals surface area (Å²) in [5.74, 6) is -0.770. The van der Waals surface area contributed by atoms with Crippen LogP contribution in [0.5, 0.6) is 5.75 Å². The maximum atomic E-state index is 14.1. The quantitative estimate of drug-likeness (QED) is 0.557. The number of ether oxygens (including phenoxy) is 1. The number of para-hydroxylation sites is 1. The van der Waals surface area contributed by atoms with Crippen molar-refractivity contribution in [1.29, 1.82) is 0 Å². The number of carboxylic acid groups (broad SMARTS) is 1. The lowest BCUT2D eigenvalue weighted by molar-refractivity contribution is -0.137. The summed E-state index contributed by atoms with van der Waals surface area (Å²) in [6, 6.07) is 10.1. The van der Waals surface area contributed by atoms with Gasteiger partial charge in [-0.25, -0.2) is 4.39 Å². The number of nitrogens with one attached hydrogen (secondary N) is 1. The lowest BCUT2D eigenvalue weighted by atomic mass is 9.91. The second-order valence-electron chi connectivity index (χ2n) is 8.01. The molecule has 3 aromatic rings. The first-order chi connectivity index (χ1) is 15.4. The van der Waals surface area contributed by atoms with Crippen LogP contribution in [0.25, 0.3) is 10.9 Å². The summed E-state index contributed by atoms with van der Waals surface area (Å²) < 4.78 is 21.1. The summed E-state index contributed by atoms with van der Waals surface area (Å²) in [6.07, 6.45) is 2.63. The van der Waals surface area contributed by atoms with Crippen molar-refractivity contribution in [3.63, 3.8) is 0 Å². The molecule has 4 rings (SSSR count). The van der Waals surface area contributed by atoms with E-state index in [0.29, 0.717) is 43.0 Å². The van der Waals surface area contributed by atoms with Crippen molar-refractivity contribution in [2.24, 2.45) is 0 Å². The Morgan fingerprint density at radius 3 is 2.84 bits per heavy atom. The van der Waals surface area contributed by atoms with E-state index in [4.69, 9.17) is 16.3 Å². The normalized spacial score (nSPS) is 15.4. The van der Waals surface area contributed by atoms with Crippen LogP contribution in [0.4, 0.5) is 4.39 Å². The van der Waals surface area contributed by atoms with E-state index in [9.17, 15) is 19.1 Å². The van der Waals surface area contributed by atoms with E-state index in [1.165, 1.54) is 12.1 Å². The lowest BCUT2D eigenvalue weighted by Crippen LogP contribution is -2.39. The fraction of sp³-hybridized carbons (Fsp3) is 0.333. The molecule has 1 aliphatic rings. The summed E-state index contributed by atoms with van der Waals surface area (Å²) in [5, 5.41) is 13.2. The molecule has 8 heteroatoms. The van der Waals surface area contributed by atoms with Crippen molar-refractivity contribution < 1.29 is 23.8 Å². The van der Waals surface area contributed by atoms with Crippen LogP contribution in [0.3, 0.4) is 0 Å². The molecule has 2 aromatic carbocycles. The maximum Gasteiger partial charge on any atom is 0.323 e. The molecule has 1 aromatic heterocycles. The molecule has 0 saturated heterocycles. The fourth-order valence-electron chi connectivity index (χ4n) is 4.59. The molecule has 6 nitrogen and oxygen atoms in total. The van der Waals surface area contributed by atoms with E-state index < -0.39 is 11.8 Å². The number of hydrogen-bond acceptors (Lipinski definition) is 3. The molecule has 0 saturated carbocycles. The second-order valence-corrected chi connectivity index (χ2v) is 8.42. The largest absolute Gasteiger partial charge is 0.496 e. The number of carbonyl (C=O) groups is 2. The molecule has 168 valence electrons. The highest BCUT2D eigenvalue weighted by Crippen LogP contribution is 2.36. The number of rotatable bonds is 7. The smallest absolute Gasteiger partial charge is 0.323 e. The van der Waals surface area contributed by atoms with Crippen LogP contribution in [0.1, 0.15) is 29.7 Å². The van der Waals surface area contributed by atoms with Crippen molar-refractivity contribution in [2.75, 3.05) is 7.11 Å². The maximum absolute atomic E-state index is 14.1. The molecule has 0 spiro atoms. The monoisotopic (exact) mass is 458 g/mol. The molecule has 1 amide bonds. The van der Waals surface area contributed by atoms with Gasteiger partial charge in [0.25, 0.3) is 0 Å². The summed E-state index contributed by atoms with van der Waals surface area (Å²) in [4.78, 5) is 24.0. The highest BCUT2D eigenvalue weighted by molar-refractivity contribution is 6.35. The first kappa shape index (κ1) is 22.1. The number of benzene rings is 2. The van der Waals surface area contributed by atoms with Crippen LogP contribution in [-0.2, 0) is 35.4 Å². The summed E-state index contributed by atoms with van der Waals surface area (Å²) >= 11 is 6.28. The number of nitrogens with zero attached hydrogens (tertiary/aromatic N) is 1. The minimum absolute atomic E-state index is 0.0668. The number of aromatic nitrogens is 1. The van der Waals surface area contributed by atoms with Crippen LogP contribution in [0, 0.1) is 5.82 Å². The molecule has 1 atom stereocenters. The van der Waals surface area contributed by atoms with Gasteiger partial charge in [0, 0.05) is 23.5 Å². The van der Waals surface area contributed by atoms with Gasteiger partial charge < -0.3 is 19.7 Å². The third-order valence-corrected chi connectivity index (χ3v) is 6.24. The second kappa shape index (κ2) is 9.20. The highest BCUT2D eigenvalue weighted by Gasteiger charge is 2.28. The average molecular weight is 459 g/mol. The number of carboxylic acids is 1. The molecule has 32 heavy (non-hydrogen) atoms. The number of carbonyl (C=O) groups excluding carboxylic acids is 1. The van der Waals surface area contributed by atoms with Gasteiger partial charge in [0.1, 0.15) is 18.1 Å². The molecular formula is C24H24ClFN2O4. The van der Waals surface area contributed by atoms with Crippen LogP contribution < -0.4 is 10.1 Å². The number of amides is 1. The molecule has 1 heterocycles. The first-order valence-corrected chi connectivity index (χ1v) is 10.9. The Balaban J connectivity index is 1.52. The SMILES string of the molecule is COc1ccccc1CCC(=O)NC1CCc2c(c3cc(F)cc(Cl)c3n2CC(=O)O)C1. The van der Waals surface area contributed by atoms with E-state index in [-0.39, 0.29) is 23.5 Å². The van der Waals surface area contributed by atoms with Crippen LogP contribution in [0.15, 0.2) is 36.4 Å². The van der Waals surface area contributed by atoms with E-state index in [2.05, 4.69) is 5.32 Å². The standard InChI is InChI=1S/C24H24ClFN2O4/c1-32-21-5-3-2-4-14(21)6-9-22(29)27-16-7-8-20-17(12-16)18-10-15(26)11-19(25)24(18)28(20)13-23(30)31/h2-5,10-11,16H,6-9,12-13H2,1H3,(H,27,29)(H,30,31). The number of hydrogen-bond donors (Lipinski definition) is 2. The minimum atomic E-state index is -0.989. The zero-order valence-electron chi connectivity index (χ0n) is 17.7. The Hall–Kier alpha value is -3.06. The number of halogens is 2. The molecule has 0 bridgehead atoms. The molecule has 0 fully saturated rings. The fourth-order valence-corrected chi connectivity index (χ4v) is 4.90.